The van der Waals surface area contributed by atoms with E-state index in [9.17, 15) is 9.59 Å². The van der Waals surface area contributed by atoms with Crippen molar-refractivity contribution in [3.8, 4) is 17.2 Å². The van der Waals surface area contributed by atoms with E-state index >= 15 is 0 Å². The van der Waals surface area contributed by atoms with Crippen LogP contribution in [0.5, 0.6) is 11.5 Å². The highest BCUT2D eigenvalue weighted by Gasteiger charge is 2.19. The molecular formula is C21H23N5O4. The zero-order chi connectivity index (χ0) is 21.3. The van der Waals surface area contributed by atoms with Gasteiger partial charge in [-0.25, -0.2) is 4.98 Å². The average Bonchev–Trinajstić information content (AvgIpc) is 3.01. The molecule has 0 bridgehead atoms. The lowest BCUT2D eigenvalue weighted by Crippen LogP contribution is -2.27. The fourth-order valence-electron chi connectivity index (χ4n) is 3.62. The van der Waals surface area contributed by atoms with Crippen molar-refractivity contribution in [2.45, 2.75) is 20.3 Å². The minimum Gasteiger partial charge on any atom is -0.486 e. The molecule has 0 saturated carbocycles. The number of amides is 1. The number of carbonyl (C=O) groups is 1. The Hall–Kier alpha value is -3.75. The third kappa shape index (κ3) is 3.86. The van der Waals surface area contributed by atoms with Crippen molar-refractivity contribution in [1.29, 1.82) is 0 Å². The number of benzene rings is 1. The third-order valence-electron chi connectivity index (χ3n) is 4.94. The molecule has 3 heterocycles. The summed E-state index contributed by atoms with van der Waals surface area (Å²) in [7, 11) is 0. The fourth-order valence-corrected chi connectivity index (χ4v) is 3.62. The first-order chi connectivity index (χ1) is 14.4. The second-order valence-corrected chi connectivity index (χ2v) is 7.08. The molecule has 0 aliphatic carbocycles. The van der Waals surface area contributed by atoms with Crippen LogP contribution in [-0.4, -0.2) is 40.2 Å². The minimum atomic E-state index is -0.313. The van der Waals surface area contributed by atoms with Crippen LogP contribution >= 0.6 is 0 Å². The number of anilines is 1. The zero-order valence-electron chi connectivity index (χ0n) is 16.8. The van der Waals surface area contributed by atoms with E-state index in [-0.39, 0.29) is 17.4 Å². The van der Waals surface area contributed by atoms with Crippen LogP contribution in [-0.2, 0) is 6.42 Å². The van der Waals surface area contributed by atoms with E-state index in [1.54, 1.807) is 0 Å². The Morgan fingerprint density at radius 2 is 1.97 bits per heavy atom. The van der Waals surface area contributed by atoms with Gasteiger partial charge in [0.2, 0.25) is 5.95 Å². The van der Waals surface area contributed by atoms with Crippen molar-refractivity contribution in [1.82, 2.24) is 19.9 Å². The molecule has 9 nitrogen and oxygen atoms in total. The smallest absolute Gasteiger partial charge is 0.253 e. The van der Waals surface area contributed by atoms with Gasteiger partial charge in [-0.05, 0) is 32.0 Å². The molecule has 4 rings (SSSR count). The van der Waals surface area contributed by atoms with Gasteiger partial charge >= 0.3 is 0 Å². The zero-order valence-corrected chi connectivity index (χ0v) is 16.8. The van der Waals surface area contributed by atoms with Crippen LogP contribution in [0, 0.1) is 13.8 Å². The number of aromatic nitrogens is 3. The number of hydrogen-bond acceptors (Lipinski definition) is 6. The molecule has 0 spiro atoms. The normalized spacial score (nSPS) is 12.6. The number of rotatable bonds is 5. The van der Waals surface area contributed by atoms with Gasteiger partial charge in [0.1, 0.15) is 13.2 Å². The van der Waals surface area contributed by atoms with Gasteiger partial charge in [-0.3, -0.25) is 14.6 Å². The number of nitrogens with two attached hydrogens (primary N) is 1. The van der Waals surface area contributed by atoms with Gasteiger partial charge < -0.3 is 25.1 Å². The topological polar surface area (TPSA) is 124 Å². The lowest BCUT2D eigenvalue weighted by Gasteiger charge is -2.20. The van der Waals surface area contributed by atoms with Crippen molar-refractivity contribution in [2.24, 2.45) is 0 Å². The molecule has 0 saturated heterocycles. The number of carbonyl (C=O) groups excluding carboxylic acids is 1. The van der Waals surface area contributed by atoms with Crippen LogP contribution in [0.3, 0.4) is 0 Å². The maximum absolute atomic E-state index is 12.7. The predicted molar refractivity (Wildman–Crippen MR) is 112 cm³/mol. The van der Waals surface area contributed by atoms with Crippen molar-refractivity contribution < 1.29 is 14.3 Å². The van der Waals surface area contributed by atoms with E-state index in [2.05, 4.69) is 15.3 Å². The molecule has 9 heteroatoms. The van der Waals surface area contributed by atoms with Crippen molar-refractivity contribution in [2.75, 3.05) is 25.5 Å². The third-order valence-corrected chi connectivity index (χ3v) is 4.94. The number of H-pyrrole nitrogens is 1. The van der Waals surface area contributed by atoms with Crippen LogP contribution in [0.1, 0.15) is 27.4 Å². The van der Waals surface area contributed by atoms with Gasteiger partial charge in [0, 0.05) is 42.2 Å². The van der Waals surface area contributed by atoms with Gasteiger partial charge in [0.05, 0.1) is 11.3 Å². The Morgan fingerprint density at radius 1 is 1.20 bits per heavy atom. The van der Waals surface area contributed by atoms with Gasteiger partial charge in [-0.15, -0.1) is 0 Å². The van der Waals surface area contributed by atoms with Crippen molar-refractivity contribution in [3.63, 3.8) is 0 Å². The maximum Gasteiger partial charge on any atom is 0.253 e. The number of nitrogen functional groups attached to an aromatic ring is 1. The summed E-state index contributed by atoms with van der Waals surface area (Å²) in [5, 5.41) is 2.88. The molecule has 30 heavy (non-hydrogen) atoms. The van der Waals surface area contributed by atoms with Crippen LogP contribution in [0.2, 0.25) is 0 Å². The molecule has 0 radical (unpaired) electrons. The van der Waals surface area contributed by atoms with Gasteiger partial charge in [-0.1, -0.05) is 0 Å². The highest BCUT2D eigenvalue weighted by Crippen LogP contribution is 2.33. The number of fused-ring (bicyclic) bond motifs is 1. The molecule has 0 fully saturated rings. The highest BCUT2D eigenvalue weighted by molar-refractivity contribution is 5.95. The summed E-state index contributed by atoms with van der Waals surface area (Å²) < 4.78 is 13.3. The Balaban J connectivity index is 1.50. The van der Waals surface area contributed by atoms with Crippen LogP contribution < -0.4 is 26.1 Å². The summed E-state index contributed by atoms with van der Waals surface area (Å²) in [5.74, 6) is 1.29. The summed E-state index contributed by atoms with van der Waals surface area (Å²) in [6.07, 6.45) is 0.404. The standard InChI is InChI=1S/C21H23N5O4/c1-12-9-16(20(28)23-6-5-14-10-19(27)25-21(22)24-14)13(2)26(12)15-3-4-17-18(11-15)30-8-7-29-17/h3-4,9-11H,5-8H2,1-2H3,(H,23,28)(H3,22,24,25,27). The maximum atomic E-state index is 12.7. The Morgan fingerprint density at radius 3 is 2.73 bits per heavy atom. The molecule has 1 aliphatic rings. The first-order valence-electron chi connectivity index (χ1n) is 9.65. The largest absolute Gasteiger partial charge is 0.486 e. The Kier molecular flexibility index (Phi) is 5.18. The SMILES string of the molecule is Cc1cc(C(=O)NCCc2cc(=O)[nH]c(N)n2)c(C)n1-c1ccc2c(c1)OCCO2. The molecule has 4 N–H and O–H groups in total. The van der Waals surface area contributed by atoms with Gasteiger partial charge in [0.25, 0.3) is 11.5 Å². The molecule has 2 aromatic heterocycles. The fraction of sp³-hybridized carbons (Fsp3) is 0.286. The molecule has 0 unspecified atom stereocenters. The Labute approximate surface area is 172 Å². The number of ether oxygens (including phenoxy) is 2. The van der Waals surface area contributed by atoms with Crippen LogP contribution in [0.25, 0.3) is 5.69 Å². The molecule has 1 aliphatic heterocycles. The van der Waals surface area contributed by atoms with Crippen molar-refractivity contribution >= 4 is 11.9 Å². The van der Waals surface area contributed by atoms with E-state index in [1.807, 2.05) is 42.7 Å². The first-order valence-corrected chi connectivity index (χ1v) is 9.65. The van der Waals surface area contributed by atoms with E-state index in [4.69, 9.17) is 15.2 Å². The number of hydrogen-bond donors (Lipinski definition) is 3. The minimum absolute atomic E-state index is 0.0619. The molecule has 156 valence electrons. The molecule has 1 aromatic carbocycles. The lowest BCUT2D eigenvalue weighted by molar-refractivity contribution is 0.0953. The van der Waals surface area contributed by atoms with Gasteiger partial charge in [-0.2, -0.15) is 0 Å². The number of nitrogens with zero attached hydrogens (tertiary/aromatic N) is 2. The van der Waals surface area contributed by atoms with Crippen molar-refractivity contribution in [3.05, 3.63) is 63.3 Å². The predicted octanol–water partition coefficient (Wildman–Crippen LogP) is 1.50. The number of aromatic amines is 1. The summed E-state index contributed by atoms with van der Waals surface area (Å²) >= 11 is 0. The van der Waals surface area contributed by atoms with Gasteiger partial charge in [0.15, 0.2) is 11.5 Å². The molecule has 1 amide bonds. The first kappa shape index (κ1) is 19.6. The van der Waals surface area contributed by atoms with Crippen LogP contribution in [0.15, 0.2) is 35.1 Å². The number of aryl methyl sites for hydroxylation is 1. The van der Waals surface area contributed by atoms with E-state index in [0.717, 1.165) is 22.8 Å². The number of nitrogens with one attached hydrogen (secondary N) is 2. The molecule has 0 atom stereocenters. The quantitative estimate of drug-likeness (QED) is 0.587. The summed E-state index contributed by atoms with van der Waals surface area (Å²) in [6, 6.07) is 8.96. The highest BCUT2D eigenvalue weighted by atomic mass is 16.6. The average molecular weight is 409 g/mol. The van der Waals surface area contributed by atoms with E-state index in [1.165, 1.54) is 6.07 Å². The molecule has 3 aromatic rings. The van der Waals surface area contributed by atoms with E-state index in [0.29, 0.717) is 43.2 Å². The lowest BCUT2D eigenvalue weighted by atomic mass is 10.2. The Bertz CT molecular complexity index is 1160. The van der Waals surface area contributed by atoms with E-state index < -0.39 is 0 Å². The second kappa shape index (κ2) is 7.94. The summed E-state index contributed by atoms with van der Waals surface area (Å²) in [5.41, 5.74) is 8.99. The summed E-state index contributed by atoms with van der Waals surface area (Å²) in [4.78, 5) is 30.6. The van der Waals surface area contributed by atoms with Crippen LogP contribution in [0.4, 0.5) is 5.95 Å². The summed E-state index contributed by atoms with van der Waals surface area (Å²) in [6.45, 7) is 5.24. The monoisotopic (exact) mass is 409 g/mol. The second-order valence-electron chi connectivity index (χ2n) is 7.08. The molecular weight excluding hydrogens is 386 g/mol.